The van der Waals surface area contributed by atoms with Gasteiger partial charge in [-0.2, -0.15) is 5.10 Å². The van der Waals surface area contributed by atoms with Crippen LogP contribution in [0.1, 0.15) is 28.7 Å². The van der Waals surface area contributed by atoms with Crippen LogP contribution in [0.2, 0.25) is 0 Å². The number of urea groups is 1. The number of nitrogens with one attached hydrogen (secondary N) is 1. The predicted octanol–water partition coefficient (Wildman–Crippen LogP) is 1.61. The summed E-state index contributed by atoms with van der Waals surface area (Å²) < 4.78 is 12.5. The Morgan fingerprint density at radius 1 is 1.28 bits per heavy atom. The Labute approximate surface area is 169 Å². The third-order valence-corrected chi connectivity index (χ3v) is 5.10. The molecule has 4 rings (SSSR count). The average Bonchev–Trinajstić information content (AvgIpc) is 3.43. The molecule has 3 heterocycles. The molecule has 2 aliphatic rings. The number of aromatic nitrogens is 2. The molecular formula is C20H25N5O4. The topological polar surface area (TPSA) is 88.9 Å². The summed E-state index contributed by atoms with van der Waals surface area (Å²) in [6.45, 7) is 7.24. The fraction of sp³-hybridized carbons (Fsp3) is 0.450. The van der Waals surface area contributed by atoms with Gasteiger partial charge in [0.2, 0.25) is 6.79 Å². The first kappa shape index (κ1) is 19.1. The summed E-state index contributed by atoms with van der Waals surface area (Å²) >= 11 is 0. The van der Waals surface area contributed by atoms with Gasteiger partial charge in [0.1, 0.15) is 5.69 Å². The van der Waals surface area contributed by atoms with Crippen LogP contribution in [0.25, 0.3) is 0 Å². The van der Waals surface area contributed by atoms with Crippen molar-refractivity contribution in [2.24, 2.45) is 0 Å². The highest BCUT2D eigenvalue weighted by Crippen LogP contribution is 2.33. The first-order valence-electron chi connectivity index (χ1n) is 9.80. The highest BCUT2D eigenvalue weighted by Gasteiger charge is 2.25. The molecule has 1 aromatic carbocycles. The van der Waals surface area contributed by atoms with Gasteiger partial charge in [0.15, 0.2) is 11.5 Å². The summed E-state index contributed by atoms with van der Waals surface area (Å²) in [6, 6.07) is 7.40. The fourth-order valence-corrected chi connectivity index (χ4v) is 3.60. The molecule has 1 N–H and O–H groups in total. The summed E-state index contributed by atoms with van der Waals surface area (Å²) in [5.41, 5.74) is 2.29. The molecule has 0 atom stereocenters. The van der Waals surface area contributed by atoms with Crippen LogP contribution in [0.3, 0.4) is 0 Å². The van der Waals surface area contributed by atoms with Crippen molar-refractivity contribution >= 4 is 11.9 Å². The van der Waals surface area contributed by atoms with Crippen LogP contribution in [0.5, 0.6) is 11.5 Å². The number of ether oxygens (including phenoxy) is 2. The second-order valence-corrected chi connectivity index (χ2v) is 7.12. The molecule has 0 spiro atoms. The van der Waals surface area contributed by atoms with Gasteiger partial charge in [-0.05, 0) is 37.6 Å². The van der Waals surface area contributed by atoms with E-state index in [1.54, 1.807) is 20.5 Å². The molecule has 29 heavy (non-hydrogen) atoms. The molecule has 2 aliphatic heterocycles. The molecule has 0 bridgehead atoms. The minimum absolute atomic E-state index is 0.0880. The van der Waals surface area contributed by atoms with Crippen molar-refractivity contribution in [3.63, 3.8) is 0 Å². The number of hydrogen-bond donors (Lipinski definition) is 1. The molecule has 0 radical (unpaired) electrons. The van der Waals surface area contributed by atoms with Crippen LogP contribution in [-0.4, -0.2) is 64.5 Å². The molecule has 3 amide bonds. The van der Waals surface area contributed by atoms with Gasteiger partial charge in [-0.3, -0.25) is 9.48 Å². The molecular weight excluding hydrogens is 374 g/mol. The number of hydrogen-bond acceptors (Lipinski definition) is 5. The lowest BCUT2D eigenvalue weighted by atomic mass is 10.1. The van der Waals surface area contributed by atoms with Gasteiger partial charge in [0.05, 0.1) is 5.69 Å². The van der Waals surface area contributed by atoms with E-state index in [-0.39, 0.29) is 18.7 Å². The Bertz CT molecular complexity index is 926. The van der Waals surface area contributed by atoms with Crippen LogP contribution in [0, 0.1) is 6.92 Å². The maximum absolute atomic E-state index is 13.4. The van der Waals surface area contributed by atoms with E-state index in [0.29, 0.717) is 56.5 Å². The van der Waals surface area contributed by atoms with Crippen molar-refractivity contribution in [3.8, 4) is 11.5 Å². The van der Waals surface area contributed by atoms with Gasteiger partial charge in [-0.1, -0.05) is 6.07 Å². The van der Waals surface area contributed by atoms with Crippen LogP contribution in [0.15, 0.2) is 24.3 Å². The first-order chi connectivity index (χ1) is 14.0. The first-order valence-corrected chi connectivity index (χ1v) is 9.80. The predicted molar refractivity (Wildman–Crippen MR) is 105 cm³/mol. The Morgan fingerprint density at radius 2 is 2.10 bits per heavy atom. The highest BCUT2D eigenvalue weighted by atomic mass is 16.7. The summed E-state index contributed by atoms with van der Waals surface area (Å²) in [5, 5.41) is 7.19. The second-order valence-electron chi connectivity index (χ2n) is 7.12. The minimum Gasteiger partial charge on any atom is -0.454 e. The zero-order valence-electron chi connectivity index (χ0n) is 16.7. The van der Waals surface area contributed by atoms with Crippen molar-refractivity contribution in [2.45, 2.75) is 26.9 Å². The maximum atomic E-state index is 13.4. The van der Waals surface area contributed by atoms with Gasteiger partial charge in [0.25, 0.3) is 5.91 Å². The lowest BCUT2D eigenvalue weighted by Gasteiger charge is -2.25. The van der Waals surface area contributed by atoms with Crippen molar-refractivity contribution in [1.82, 2.24) is 24.9 Å². The van der Waals surface area contributed by atoms with Crippen LogP contribution >= 0.6 is 0 Å². The highest BCUT2D eigenvalue weighted by molar-refractivity contribution is 5.92. The Morgan fingerprint density at radius 3 is 2.86 bits per heavy atom. The Kier molecular flexibility index (Phi) is 5.28. The van der Waals surface area contributed by atoms with Gasteiger partial charge < -0.3 is 24.6 Å². The Balaban J connectivity index is 1.55. The molecule has 154 valence electrons. The molecule has 0 saturated carbocycles. The van der Waals surface area contributed by atoms with Crippen LogP contribution in [0.4, 0.5) is 4.79 Å². The van der Waals surface area contributed by atoms with E-state index in [9.17, 15) is 9.59 Å². The maximum Gasteiger partial charge on any atom is 0.317 e. The van der Waals surface area contributed by atoms with Crippen LogP contribution in [-0.2, 0) is 13.1 Å². The third-order valence-electron chi connectivity index (χ3n) is 5.10. The number of benzene rings is 1. The largest absolute Gasteiger partial charge is 0.454 e. The average molecular weight is 399 g/mol. The van der Waals surface area contributed by atoms with Gasteiger partial charge >= 0.3 is 6.03 Å². The molecule has 1 aromatic heterocycles. The van der Waals surface area contributed by atoms with E-state index in [4.69, 9.17) is 9.47 Å². The lowest BCUT2D eigenvalue weighted by Crippen LogP contribution is -2.40. The van der Waals surface area contributed by atoms with Crippen molar-refractivity contribution < 1.29 is 19.1 Å². The zero-order chi connectivity index (χ0) is 20.4. The van der Waals surface area contributed by atoms with Crippen molar-refractivity contribution in [1.29, 1.82) is 0 Å². The molecule has 0 aliphatic carbocycles. The summed E-state index contributed by atoms with van der Waals surface area (Å²) in [4.78, 5) is 28.7. The molecule has 0 unspecified atom stereocenters. The third kappa shape index (κ3) is 3.98. The van der Waals surface area contributed by atoms with Gasteiger partial charge in [-0.15, -0.1) is 0 Å². The smallest absolute Gasteiger partial charge is 0.317 e. The SMILES string of the molecule is CCn1nc(C)cc1C(=O)N(CCN1CCNC1=O)Cc1ccc2c(c1)OCO2. The van der Waals surface area contributed by atoms with Crippen LogP contribution < -0.4 is 14.8 Å². The fourth-order valence-electron chi connectivity index (χ4n) is 3.60. The van der Waals surface area contributed by atoms with E-state index in [1.807, 2.05) is 32.0 Å². The standard InChI is InChI=1S/C20H25N5O4/c1-3-25-16(10-14(2)22-25)19(26)24(9-8-23-7-6-21-20(23)27)12-15-4-5-17-18(11-15)29-13-28-17/h4-5,10-11H,3,6-9,12-13H2,1-2H3,(H,21,27). The summed E-state index contributed by atoms with van der Waals surface area (Å²) in [5.74, 6) is 1.29. The van der Waals surface area contributed by atoms with E-state index >= 15 is 0 Å². The number of amides is 3. The second kappa shape index (κ2) is 8.02. The number of rotatable bonds is 7. The van der Waals surface area contributed by atoms with E-state index < -0.39 is 0 Å². The number of carbonyl (C=O) groups excluding carboxylic acids is 2. The van der Waals surface area contributed by atoms with Crippen molar-refractivity contribution in [2.75, 3.05) is 33.0 Å². The van der Waals surface area contributed by atoms with Gasteiger partial charge in [-0.25, -0.2) is 4.79 Å². The van der Waals surface area contributed by atoms with E-state index in [0.717, 1.165) is 11.3 Å². The van der Waals surface area contributed by atoms with E-state index in [1.165, 1.54) is 0 Å². The Hall–Kier alpha value is -3.23. The molecule has 1 saturated heterocycles. The lowest BCUT2D eigenvalue weighted by molar-refractivity contribution is 0.0718. The molecule has 9 heteroatoms. The van der Waals surface area contributed by atoms with Gasteiger partial charge in [0, 0.05) is 39.3 Å². The zero-order valence-corrected chi connectivity index (χ0v) is 16.7. The monoisotopic (exact) mass is 399 g/mol. The van der Waals surface area contributed by atoms with E-state index in [2.05, 4.69) is 10.4 Å². The molecule has 1 fully saturated rings. The number of carbonyl (C=O) groups is 2. The number of aryl methyl sites for hydroxylation is 2. The minimum atomic E-state index is -0.107. The number of fused-ring (bicyclic) bond motifs is 1. The quantitative estimate of drug-likeness (QED) is 0.764. The summed E-state index contributed by atoms with van der Waals surface area (Å²) in [6.07, 6.45) is 0. The molecule has 2 aromatic rings. The normalized spacial score (nSPS) is 15.0. The summed E-state index contributed by atoms with van der Waals surface area (Å²) in [7, 11) is 0. The molecule has 9 nitrogen and oxygen atoms in total. The van der Waals surface area contributed by atoms with Crippen molar-refractivity contribution in [3.05, 3.63) is 41.2 Å². The number of nitrogens with zero attached hydrogens (tertiary/aromatic N) is 4.